The fourth-order valence-electron chi connectivity index (χ4n) is 3.15. The lowest BCUT2D eigenvalue weighted by atomic mass is 10.1. The molecular formula is C20H19N3O2S. The summed E-state index contributed by atoms with van der Waals surface area (Å²) < 4.78 is 1.04. The second kappa shape index (κ2) is 7.29. The van der Waals surface area contributed by atoms with E-state index in [1.54, 1.807) is 11.5 Å². The molecule has 0 atom stereocenters. The van der Waals surface area contributed by atoms with Crippen molar-refractivity contribution >= 4 is 38.2 Å². The Morgan fingerprint density at radius 2 is 2.04 bits per heavy atom. The van der Waals surface area contributed by atoms with Crippen LogP contribution in [-0.2, 0) is 13.0 Å². The van der Waals surface area contributed by atoms with Crippen molar-refractivity contribution < 1.29 is 10.0 Å². The molecule has 0 spiro atoms. The molecule has 0 radical (unpaired) electrons. The number of benzene rings is 2. The van der Waals surface area contributed by atoms with E-state index in [2.05, 4.69) is 46.8 Å². The Labute approximate surface area is 154 Å². The minimum Gasteiger partial charge on any atom is -0.361 e. The SMILES string of the molecule is O=C(NO)c1cc2ccc(CNCCc3c[nH]c4ccccc34)cc2s1. The summed E-state index contributed by atoms with van der Waals surface area (Å²) in [4.78, 5) is 15.3. The lowest BCUT2D eigenvalue weighted by Gasteiger charge is -2.05. The van der Waals surface area contributed by atoms with Gasteiger partial charge in [0.05, 0.1) is 4.88 Å². The highest BCUT2D eigenvalue weighted by molar-refractivity contribution is 7.20. The number of carbonyl (C=O) groups excluding carboxylic acids is 1. The summed E-state index contributed by atoms with van der Waals surface area (Å²) in [5, 5.41) is 14.5. The summed E-state index contributed by atoms with van der Waals surface area (Å²) in [6.45, 7) is 1.67. The van der Waals surface area contributed by atoms with Crippen molar-refractivity contribution in [1.82, 2.24) is 15.8 Å². The van der Waals surface area contributed by atoms with E-state index in [0.717, 1.165) is 29.6 Å². The van der Waals surface area contributed by atoms with E-state index in [4.69, 9.17) is 5.21 Å². The molecule has 0 aliphatic heterocycles. The van der Waals surface area contributed by atoms with Crippen LogP contribution in [0.2, 0.25) is 0 Å². The highest BCUT2D eigenvalue weighted by Crippen LogP contribution is 2.26. The first-order chi connectivity index (χ1) is 12.7. The number of hydrogen-bond acceptors (Lipinski definition) is 4. The smallest absolute Gasteiger partial charge is 0.284 e. The summed E-state index contributed by atoms with van der Waals surface area (Å²) in [7, 11) is 0. The average molecular weight is 365 g/mol. The molecule has 0 bridgehead atoms. The van der Waals surface area contributed by atoms with Crippen molar-refractivity contribution in [2.24, 2.45) is 0 Å². The minimum absolute atomic E-state index is 0.468. The number of hydrogen-bond donors (Lipinski definition) is 4. The Morgan fingerprint density at radius 3 is 2.92 bits per heavy atom. The van der Waals surface area contributed by atoms with E-state index < -0.39 is 5.91 Å². The Morgan fingerprint density at radius 1 is 1.15 bits per heavy atom. The van der Waals surface area contributed by atoms with Crippen LogP contribution in [0.5, 0.6) is 0 Å². The van der Waals surface area contributed by atoms with Crippen LogP contribution in [0.1, 0.15) is 20.8 Å². The first kappa shape index (κ1) is 16.8. The predicted octanol–water partition coefficient (Wildman–Crippen LogP) is 3.83. The molecule has 2 aromatic carbocycles. The van der Waals surface area contributed by atoms with Gasteiger partial charge in [-0.1, -0.05) is 30.3 Å². The van der Waals surface area contributed by atoms with E-state index in [9.17, 15) is 4.79 Å². The van der Waals surface area contributed by atoms with E-state index in [1.807, 2.05) is 12.1 Å². The normalized spacial score (nSPS) is 11.3. The maximum absolute atomic E-state index is 11.5. The van der Waals surface area contributed by atoms with Crippen molar-refractivity contribution in [3.05, 3.63) is 70.7 Å². The quantitative estimate of drug-likeness (QED) is 0.238. The van der Waals surface area contributed by atoms with Gasteiger partial charge >= 0.3 is 0 Å². The number of aromatic amines is 1. The number of carbonyl (C=O) groups is 1. The molecule has 0 saturated heterocycles. The lowest BCUT2D eigenvalue weighted by molar-refractivity contribution is 0.0711. The van der Waals surface area contributed by atoms with E-state index in [1.165, 1.54) is 33.4 Å². The zero-order valence-electron chi connectivity index (χ0n) is 14.1. The monoisotopic (exact) mass is 365 g/mol. The zero-order chi connectivity index (χ0) is 17.9. The van der Waals surface area contributed by atoms with Crippen LogP contribution in [0.4, 0.5) is 0 Å². The first-order valence-corrected chi connectivity index (χ1v) is 9.29. The third kappa shape index (κ3) is 3.35. The van der Waals surface area contributed by atoms with Crippen LogP contribution in [0.3, 0.4) is 0 Å². The molecule has 0 unspecified atom stereocenters. The van der Waals surface area contributed by atoms with Crippen LogP contribution in [0, 0.1) is 0 Å². The molecule has 4 N–H and O–H groups in total. The number of H-pyrrole nitrogens is 1. The van der Waals surface area contributed by atoms with Gasteiger partial charge in [0.2, 0.25) is 0 Å². The first-order valence-electron chi connectivity index (χ1n) is 8.47. The highest BCUT2D eigenvalue weighted by Gasteiger charge is 2.09. The van der Waals surface area contributed by atoms with Gasteiger partial charge in [-0.15, -0.1) is 11.3 Å². The van der Waals surface area contributed by atoms with Crippen LogP contribution in [-0.4, -0.2) is 22.6 Å². The Balaban J connectivity index is 1.37. The van der Waals surface area contributed by atoms with Gasteiger partial charge in [-0.3, -0.25) is 10.0 Å². The van der Waals surface area contributed by atoms with Crippen LogP contribution in [0.25, 0.3) is 21.0 Å². The Hall–Kier alpha value is -2.67. The van der Waals surface area contributed by atoms with Crippen molar-refractivity contribution in [2.45, 2.75) is 13.0 Å². The average Bonchev–Trinajstić information content (AvgIpc) is 3.28. The zero-order valence-corrected chi connectivity index (χ0v) is 14.9. The Kier molecular flexibility index (Phi) is 4.71. The standard InChI is InChI=1S/C20H19N3O2S/c24-20(23-25)19-10-14-6-5-13(9-18(14)26-19)11-21-8-7-15-12-22-17-4-2-1-3-16(15)17/h1-6,9-10,12,21-22,25H,7-8,11H2,(H,23,24). The van der Waals surface area contributed by atoms with E-state index in [-0.39, 0.29) is 0 Å². The largest absolute Gasteiger partial charge is 0.361 e. The third-order valence-corrected chi connectivity index (χ3v) is 5.58. The molecule has 5 nitrogen and oxygen atoms in total. The van der Waals surface area contributed by atoms with E-state index in [0.29, 0.717) is 4.88 Å². The number of rotatable bonds is 6. The van der Waals surface area contributed by atoms with Gasteiger partial charge in [-0.05, 0) is 47.7 Å². The number of nitrogens with one attached hydrogen (secondary N) is 3. The number of para-hydroxylation sites is 1. The number of hydroxylamine groups is 1. The van der Waals surface area contributed by atoms with Crippen LogP contribution >= 0.6 is 11.3 Å². The van der Waals surface area contributed by atoms with Gasteiger partial charge in [0.15, 0.2) is 0 Å². The van der Waals surface area contributed by atoms with Crippen molar-refractivity contribution in [1.29, 1.82) is 0 Å². The Bertz CT molecular complexity index is 1070. The molecule has 0 aliphatic rings. The summed E-state index contributed by atoms with van der Waals surface area (Å²) in [6, 6.07) is 16.3. The molecule has 0 fully saturated rings. The van der Waals surface area contributed by atoms with Crippen LogP contribution in [0.15, 0.2) is 54.7 Å². The molecular weight excluding hydrogens is 346 g/mol. The number of thiophene rings is 1. The molecule has 1 amide bonds. The topological polar surface area (TPSA) is 77.2 Å². The van der Waals surface area contributed by atoms with Gasteiger partial charge in [-0.25, -0.2) is 5.48 Å². The molecule has 4 rings (SSSR count). The molecule has 26 heavy (non-hydrogen) atoms. The summed E-state index contributed by atoms with van der Waals surface area (Å²) >= 11 is 1.38. The molecule has 132 valence electrons. The molecule has 2 heterocycles. The third-order valence-electron chi connectivity index (χ3n) is 4.48. The van der Waals surface area contributed by atoms with E-state index >= 15 is 0 Å². The number of amides is 1. The minimum atomic E-state index is -0.468. The van der Waals surface area contributed by atoms with Gasteiger partial charge in [0.25, 0.3) is 5.91 Å². The molecule has 0 aliphatic carbocycles. The summed E-state index contributed by atoms with van der Waals surface area (Å²) in [5.74, 6) is -0.468. The van der Waals surface area contributed by atoms with Gasteiger partial charge in [0.1, 0.15) is 0 Å². The fraction of sp³-hybridized carbons (Fsp3) is 0.150. The molecule has 6 heteroatoms. The highest BCUT2D eigenvalue weighted by atomic mass is 32.1. The van der Waals surface area contributed by atoms with Gasteiger partial charge in [-0.2, -0.15) is 0 Å². The van der Waals surface area contributed by atoms with Crippen molar-refractivity contribution in [2.75, 3.05) is 6.54 Å². The molecule has 4 aromatic rings. The second-order valence-corrected chi connectivity index (χ2v) is 7.29. The fourth-order valence-corrected chi connectivity index (χ4v) is 4.16. The number of fused-ring (bicyclic) bond motifs is 2. The molecule has 0 saturated carbocycles. The molecule has 2 aromatic heterocycles. The lowest BCUT2D eigenvalue weighted by Crippen LogP contribution is -2.16. The summed E-state index contributed by atoms with van der Waals surface area (Å²) in [6.07, 6.45) is 3.05. The van der Waals surface area contributed by atoms with Crippen molar-refractivity contribution in [3.8, 4) is 0 Å². The van der Waals surface area contributed by atoms with Crippen LogP contribution < -0.4 is 10.8 Å². The van der Waals surface area contributed by atoms with Gasteiger partial charge < -0.3 is 10.3 Å². The number of aromatic nitrogens is 1. The second-order valence-electron chi connectivity index (χ2n) is 6.21. The predicted molar refractivity (Wildman–Crippen MR) is 105 cm³/mol. The maximum atomic E-state index is 11.5. The van der Waals surface area contributed by atoms with Crippen molar-refractivity contribution in [3.63, 3.8) is 0 Å². The summed E-state index contributed by atoms with van der Waals surface area (Å²) in [5.41, 5.74) is 5.35. The maximum Gasteiger partial charge on any atom is 0.284 e. The van der Waals surface area contributed by atoms with Gasteiger partial charge in [0, 0.05) is 28.3 Å².